The van der Waals surface area contributed by atoms with Crippen LogP contribution in [-0.4, -0.2) is 22.1 Å². The molecule has 172 valence electrons. The van der Waals surface area contributed by atoms with Crippen LogP contribution >= 0.6 is 27.5 Å². The van der Waals surface area contributed by atoms with Gasteiger partial charge in [-0.25, -0.2) is 18.6 Å². The number of imidazole rings is 1. The molecule has 1 N–H and O–H groups in total. The number of carbonyl (C=O) groups is 1. The molecule has 1 heterocycles. The van der Waals surface area contributed by atoms with E-state index in [0.717, 1.165) is 0 Å². The minimum absolute atomic E-state index is 0.0119. The lowest BCUT2D eigenvalue weighted by Gasteiger charge is -2.25. The minimum atomic E-state index is -0.944. The Morgan fingerprint density at radius 2 is 2.06 bits per heavy atom. The number of nitrogens with one attached hydrogen (secondary N) is 1. The van der Waals surface area contributed by atoms with Gasteiger partial charge in [0.05, 0.1) is 34.6 Å². The first-order valence-corrected chi connectivity index (χ1v) is 11.2. The molecule has 0 aliphatic carbocycles. The van der Waals surface area contributed by atoms with E-state index in [1.807, 2.05) is 13.8 Å². The topological polar surface area (TPSA) is 79.9 Å². The highest BCUT2D eigenvalue weighted by atomic mass is 79.9. The monoisotopic (exact) mass is 536 g/mol. The largest absolute Gasteiger partial charge is 0.461 e. The molecule has 1 aromatic heterocycles. The molecule has 2 aromatic carbocycles. The predicted molar refractivity (Wildman–Crippen MR) is 124 cm³/mol. The molecule has 0 radical (unpaired) electrons. The van der Waals surface area contributed by atoms with Crippen LogP contribution in [0.5, 0.6) is 0 Å². The third-order valence-electron chi connectivity index (χ3n) is 4.86. The molecular formula is C23H20BrClF2N4O2. The van der Waals surface area contributed by atoms with E-state index in [4.69, 9.17) is 21.6 Å². The fourth-order valence-electron chi connectivity index (χ4n) is 3.42. The van der Waals surface area contributed by atoms with Gasteiger partial charge in [0.15, 0.2) is 16.2 Å². The minimum Gasteiger partial charge on any atom is -0.461 e. The Morgan fingerprint density at radius 1 is 1.33 bits per heavy atom. The summed E-state index contributed by atoms with van der Waals surface area (Å²) in [5.41, 5.74) is 0.557. The first-order valence-electron chi connectivity index (χ1n) is 10.0. The number of anilines is 1. The van der Waals surface area contributed by atoms with E-state index in [-0.39, 0.29) is 34.6 Å². The summed E-state index contributed by atoms with van der Waals surface area (Å²) < 4.78 is 36.6. The highest BCUT2D eigenvalue weighted by Gasteiger charge is 2.32. The van der Waals surface area contributed by atoms with Crippen molar-refractivity contribution < 1.29 is 18.3 Å². The van der Waals surface area contributed by atoms with Crippen LogP contribution in [0, 0.1) is 23.0 Å². The average Bonchev–Trinajstić information content (AvgIpc) is 3.12. The van der Waals surface area contributed by atoms with Gasteiger partial charge >= 0.3 is 5.97 Å². The first-order chi connectivity index (χ1) is 15.7. The Morgan fingerprint density at radius 3 is 2.67 bits per heavy atom. The fourth-order valence-corrected chi connectivity index (χ4v) is 4.37. The molecule has 1 atom stereocenters. The lowest BCUT2D eigenvalue weighted by molar-refractivity contribution is 0.0518. The van der Waals surface area contributed by atoms with E-state index in [0.29, 0.717) is 16.0 Å². The number of aromatic nitrogens is 2. The number of esters is 1. The standard InChI is InChI=1S/C23H20BrClF2N4O2/c1-4-33-22(32)20-21(31(12(2)3)23(24)30-20)19(13-8-9-14(11-28)16(26)10-13)29-17-7-5-6-15(25)18(17)27/h5-10,12,19,29H,4H2,1-3H3. The van der Waals surface area contributed by atoms with Gasteiger partial charge in [0, 0.05) is 6.04 Å². The average molecular weight is 538 g/mol. The second-order valence-electron chi connectivity index (χ2n) is 7.33. The quantitative estimate of drug-likeness (QED) is 0.352. The molecule has 3 aromatic rings. The Balaban J connectivity index is 2.30. The molecule has 0 bridgehead atoms. The summed E-state index contributed by atoms with van der Waals surface area (Å²) in [4.78, 5) is 17.1. The van der Waals surface area contributed by atoms with Crippen LogP contribution < -0.4 is 5.32 Å². The van der Waals surface area contributed by atoms with Crippen molar-refractivity contribution in [3.8, 4) is 6.07 Å². The molecule has 0 aliphatic heterocycles. The van der Waals surface area contributed by atoms with Crippen molar-refractivity contribution in [3.63, 3.8) is 0 Å². The number of halogens is 4. The number of nitriles is 1. The Hall–Kier alpha value is -2.96. The highest BCUT2D eigenvalue weighted by Crippen LogP contribution is 2.36. The van der Waals surface area contributed by atoms with Gasteiger partial charge in [-0.1, -0.05) is 23.7 Å². The van der Waals surface area contributed by atoms with Crippen molar-refractivity contribution in [2.75, 3.05) is 11.9 Å². The highest BCUT2D eigenvalue weighted by molar-refractivity contribution is 9.10. The van der Waals surface area contributed by atoms with E-state index in [1.165, 1.54) is 30.3 Å². The third-order valence-corrected chi connectivity index (χ3v) is 5.71. The molecule has 0 amide bonds. The lowest BCUT2D eigenvalue weighted by Crippen LogP contribution is -2.22. The molecule has 1 unspecified atom stereocenters. The lowest BCUT2D eigenvalue weighted by atomic mass is 9.99. The fraction of sp³-hybridized carbons (Fsp3) is 0.261. The Kier molecular flexibility index (Phi) is 7.72. The SMILES string of the molecule is CCOC(=O)c1nc(Br)n(C(C)C)c1C(Nc1cccc(Cl)c1F)c1ccc(C#N)c(F)c1. The summed E-state index contributed by atoms with van der Waals surface area (Å²) in [5.74, 6) is -2.13. The predicted octanol–water partition coefficient (Wildman–Crippen LogP) is 6.41. The van der Waals surface area contributed by atoms with Crippen LogP contribution in [0.2, 0.25) is 5.02 Å². The van der Waals surface area contributed by atoms with E-state index < -0.39 is 23.6 Å². The zero-order valence-corrected chi connectivity index (χ0v) is 20.3. The van der Waals surface area contributed by atoms with Crippen molar-refractivity contribution in [3.05, 3.63) is 80.3 Å². The van der Waals surface area contributed by atoms with E-state index in [2.05, 4.69) is 26.2 Å². The van der Waals surface area contributed by atoms with Crippen LogP contribution in [0.15, 0.2) is 41.1 Å². The second kappa shape index (κ2) is 10.3. The van der Waals surface area contributed by atoms with E-state index in [9.17, 15) is 13.6 Å². The number of carbonyl (C=O) groups excluding carboxylic acids is 1. The van der Waals surface area contributed by atoms with Crippen LogP contribution in [0.4, 0.5) is 14.5 Å². The molecule has 0 fully saturated rings. The van der Waals surface area contributed by atoms with Gasteiger partial charge < -0.3 is 14.6 Å². The number of hydrogen-bond acceptors (Lipinski definition) is 5. The summed E-state index contributed by atoms with van der Waals surface area (Å²) in [6.07, 6.45) is 0. The number of nitrogens with zero attached hydrogens (tertiary/aromatic N) is 3. The summed E-state index contributed by atoms with van der Waals surface area (Å²) >= 11 is 9.33. The molecule has 0 aliphatic rings. The molecular weight excluding hydrogens is 518 g/mol. The first kappa shape index (κ1) is 24.7. The Bertz CT molecular complexity index is 1240. The van der Waals surface area contributed by atoms with Crippen LogP contribution in [-0.2, 0) is 4.74 Å². The zero-order valence-electron chi connectivity index (χ0n) is 18.0. The van der Waals surface area contributed by atoms with Crippen molar-refractivity contribution >= 4 is 39.2 Å². The number of ether oxygens (including phenoxy) is 1. The molecule has 0 spiro atoms. The third kappa shape index (κ3) is 5.02. The summed E-state index contributed by atoms with van der Waals surface area (Å²) in [6.45, 7) is 5.54. The van der Waals surface area contributed by atoms with Gasteiger partial charge in [-0.05, 0) is 66.5 Å². The molecule has 33 heavy (non-hydrogen) atoms. The van der Waals surface area contributed by atoms with Gasteiger partial charge in [-0.15, -0.1) is 0 Å². The number of hydrogen-bond donors (Lipinski definition) is 1. The maximum absolute atomic E-state index is 14.8. The van der Waals surface area contributed by atoms with E-state index >= 15 is 0 Å². The Labute approximate surface area is 203 Å². The van der Waals surface area contributed by atoms with E-state index in [1.54, 1.807) is 23.6 Å². The molecule has 0 saturated heterocycles. The number of benzene rings is 2. The van der Waals surface area contributed by atoms with Gasteiger partial charge in [-0.3, -0.25) is 0 Å². The summed E-state index contributed by atoms with van der Waals surface area (Å²) in [6, 6.07) is 9.11. The van der Waals surface area contributed by atoms with Crippen LogP contribution in [0.25, 0.3) is 0 Å². The van der Waals surface area contributed by atoms with Gasteiger partial charge in [0.1, 0.15) is 11.9 Å². The van der Waals surface area contributed by atoms with Crippen molar-refractivity contribution in [1.29, 1.82) is 5.26 Å². The molecule has 3 rings (SSSR count). The van der Waals surface area contributed by atoms with Crippen molar-refractivity contribution in [1.82, 2.24) is 9.55 Å². The smallest absolute Gasteiger partial charge is 0.358 e. The molecule has 6 nitrogen and oxygen atoms in total. The summed E-state index contributed by atoms with van der Waals surface area (Å²) in [5, 5.41) is 12.0. The summed E-state index contributed by atoms with van der Waals surface area (Å²) in [7, 11) is 0. The second-order valence-corrected chi connectivity index (χ2v) is 8.45. The molecule has 10 heteroatoms. The van der Waals surface area contributed by atoms with Crippen molar-refractivity contribution in [2.45, 2.75) is 32.9 Å². The van der Waals surface area contributed by atoms with Crippen molar-refractivity contribution in [2.24, 2.45) is 0 Å². The van der Waals surface area contributed by atoms with Gasteiger partial charge in [0.25, 0.3) is 0 Å². The maximum Gasteiger partial charge on any atom is 0.358 e. The van der Waals surface area contributed by atoms with Gasteiger partial charge in [-0.2, -0.15) is 5.26 Å². The van der Waals surface area contributed by atoms with Crippen LogP contribution in [0.3, 0.4) is 0 Å². The number of rotatable bonds is 7. The van der Waals surface area contributed by atoms with Crippen LogP contribution in [0.1, 0.15) is 60.2 Å². The normalized spacial score (nSPS) is 11.8. The van der Waals surface area contributed by atoms with Gasteiger partial charge in [0.2, 0.25) is 0 Å². The zero-order chi connectivity index (χ0) is 24.3. The maximum atomic E-state index is 14.8. The molecule has 0 saturated carbocycles.